The third-order valence-corrected chi connectivity index (χ3v) is 4.89. The first kappa shape index (κ1) is 23.2. The van der Waals surface area contributed by atoms with Crippen LogP contribution < -0.4 is 10.6 Å². The molecule has 1 fully saturated rings. The fourth-order valence-electron chi connectivity index (χ4n) is 3.22. The standard InChI is InChI=1S/C19H35N5O.HI/c1-7-20-18(22-15-10-8-14(9-11-15)13(2)3)21-12-16-23-17(25-24-16)19(4,5)6;/h13-15H,7-12H2,1-6H3,(H2,20,21,22);1H. The van der Waals surface area contributed by atoms with Gasteiger partial charge in [0.2, 0.25) is 5.89 Å². The van der Waals surface area contributed by atoms with Gasteiger partial charge in [0.1, 0.15) is 6.54 Å². The Hall–Kier alpha value is -0.860. The highest BCUT2D eigenvalue weighted by Gasteiger charge is 2.24. The van der Waals surface area contributed by atoms with Crippen LogP contribution in [0.3, 0.4) is 0 Å². The molecule has 1 heterocycles. The molecule has 26 heavy (non-hydrogen) atoms. The first-order valence-electron chi connectivity index (χ1n) is 9.67. The first-order valence-corrected chi connectivity index (χ1v) is 9.67. The molecule has 0 saturated heterocycles. The Morgan fingerprint density at radius 2 is 1.88 bits per heavy atom. The lowest BCUT2D eigenvalue weighted by Crippen LogP contribution is -2.45. The number of nitrogens with zero attached hydrogens (tertiary/aromatic N) is 3. The quantitative estimate of drug-likeness (QED) is 0.377. The summed E-state index contributed by atoms with van der Waals surface area (Å²) in [6, 6.07) is 0.503. The number of hydrogen-bond acceptors (Lipinski definition) is 4. The number of halogens is 1. The van der Waals surface area contributed by atoms with Gasteiger partial charge in [0.05, 0.1) is 0 Å². The number of nitrogens with one attached hydrogen (secondary N) is 2. The smallest absolute Gasteiger partial charge is 0.232 e. The molecule has 1 aliphatic rings. The zero-order valence-corrected chi connectivity index (χ0v) is 19.5. The van der Waals surface area contributed by atoms with Crippen LogP contribution in [0.5, 0.6) is 0 Å². The van der Waals surface area contributed by atoms with Crippen molar-refractivity contribution in [3.63, 3.8) is 0 Å². The van der Waals surface area contributed by atoms with Gasteiger partial charge in [-0.25, -0.2) is 4.99 Å². The van der Waals surface area contributed by atoms with Crippen LogP contribution in [0.4, 0.5) is 0 Å². The highest BCUT2D eigenvalue weighted by atomic mass is 127. The molecule has 2 rings (SSSR count). The molecule has 1 aromatic heterocycles. The van der Waals surface area contributed by atoms with Gasteiger partial charge in [-0.15, -0.1) is 24.0 Å². The third kappa shape index (κ3) is 7.04. The topological polar surface area (TPSA) is 75.3 Å². The number of guanidine groups is 1. The van der Waals surface area contributed by atoms with E-state index in [1.165, 1.54) is 25.7 Å². The van der Waals surface area contributed by atoms with Crippen molar-refractivity contribution in [2.24, 2.45) is 16.8 Å². The maximum atomic E-state index is 5.33. The van der Waals surface area contributed by atoms with E-state index in [4.69, 9.17) is 4.52 Å². The molecule has 0 amide bonds. The molecule has 0 aliphatic heterocycles. The highest BCUT2D eigenvalue weighted by Crippen LogP contribution is 2.29. The molecule has 6 nitrogen and oxygen atoms in total. The van der Waals surface area contributed by atoms with Gasteiger partial charge in [0.25, 0.3) is 0 Å². The molecule has 7 heteroatoms. The molecular weight excluding hydrogens is 441 g/mol. The molecule has 2 N–H and O–H groups in total. The van der Waals surface area contributed by atoms with E-state index in [9.17, 15) is 0 Å². The van der Waals surface area contributed by atoms with Crippen LogP contribution in [0.1, 0.15) is 78.9 Å². The van der Waals surface area contributed by atoms with Crippen LogP contribution in [-0.2, 0) is 12.0 Å². The van der Waals surface area contributed by atoms with Crippen molar-refractivity contribution in [2.75, 3.05) is 6.54 Å². The largest absolute Gasteiger partial charge is 0.357 e. The van der Waals surface area contributed by atoms with Crippen molar-refractivity contribution in [2.45, 2.75) is 85.2 Å². The highest BCUT2D eigenvalue weighted by molar-refractivity contribution is 14.0. The second-order valence-corrected chi connectivity index (χ2v) is 8.46. The molecule has 0 aromatic carbocycles. The SMILES string of the molecule is CCNC(=NCc1noc(C(C)(C)C)n1)NC1CCC(C(C)C)CC1.I. The predicted molar refractivity (Wildman–Crippen MR) is 117 cm³/mol. The predicted octanol–water partition coefficient (Wildman–Crippen LogP) is 4.26. The monoisotopic (exact) mass is 477 g/mol. The fraction of sp³-hybridized carbons (Fsp3) is 0.842. The van der Waals surface area contributed by atoms with Crippen molar-refractivity contribution in [3.05, 3.63) is 11.7 Å². The molecular formula is C19H36IN5O. The number of rotatable bonds is 5. The van der Waals surface area contributed by atoms with Gasteiger partial charge in [-0.05, 0) is 44.4 Å². The van der Waals surface area contributed by atoms with Crippen molar-refractivity contribution >= 4 is 29.9 Å². The molecule has 1 aromatic rings. The Morgan fingerprint density at radius 1 is 1.23 bits per heavy atom. The van der Waals surface area contributed by atoms with Gasteiger partial charge in [-0.2, -0.15) is 4.98 Å². The summed E-state index contributed by atoms with van der Waals surface area (Å²) in [6.07, 6.45) is 5.02. The zero-order valence-electron chi connectivity index (χ0n) is 17.1. The average molecular weight is 477 g/mol. The molecule has 0 spiro atoms. The second-order valence-electron chi connectivity index (χ2n) is 8.46. The summed E-state index contributed by atoms with van der Waals surface area (Å²) in [7, 11) is 0. The summed E-state index contributed by atoms with van der Waals surface area (Å²) >= 11 is 0. The molecule has 1 saturated carbocycles. The Kier molecular flexibility index (Phi) is 9.33. The number of aromatic nitrogens is 2. The van der Waals surface area contributed by atoms with Crippen LogP contribution in [-0.4, -0.2) is 28.7 Å². The second kappa shape index (κ2) is 10.5. The summed E-state index contributed by atoms with van der Waals surface area (Å²) in [6.45, 7) is 14.2. The summed E-state index contributed by atoms with van der Waals surface area (Å²) in [5.74, 6) is 3.79. The minimum Gasteiger partial charge on any atom is -0.357 e. The Bertz CT molecular complexity index is 557. The van der Waals surface area contributed by atoms with Crippen LogP contribution >= 0.6 is 24.0 Å². The van der Waals surface area contributed by atoms with Gasteiger partial charge in [-0.1, -0.05) is 39.8 Å². The van der Waals surface area contributed by atoms with Gasteiger partial charge in [-0.3, -0.25) is 0 Å². The van der Waals surface area contributed by atoms with Crippen molar-refractivity contribution in [1.82, 2.24) is 20.8 Å². The Morgan fingerprint density at radius 3 is 2.38 bits per heavy atom. The van der Waals surface area contributed by atoms with Crippen molar-refractivity contribution < 1.29 is 4.52 Å². The van der Waals surface area contributed by atoms with Gasteiger partial charge in [0, 0.05) is 18.0 Å². The fourth-order valence-corrected chi connectivity index (χ4v) is 3.22. The maximum Gasteiger partial charge on any atom is 0.232 e. The molecule has 0 bridgehead atoms. The van der Waals surface area contributed by atoms with E-state index in [-0.39, 0.29) is 29.4 Å². The van der Waals surface area contributed by atoms with Gasteiger partial charge >= 0.3 is 0 Å². The van der Waals surface area contributed by atoms with E-state index in [0.29, 0.717) is 24.3 Å². The van der Waals surface area contributed by atoms with Crippen LogP contribution in [0.25, 0.3) is 0 Å². The van der Waals surface area contributed by atoms with Crippen LogP contribution in [0.2, 0.25) is 0 Å². The summed E-state index contributed by atoms with van der Waals surface area (Å²) in [5, 5.41) is 10.9. The van der Waals surface area contributed by atoms with Gasteiger partial charge in [0.15, 0.2) is 11.8 Å². The van der Waals surface area contributed by atoms with E-state index >= 15 is 0 Å². The number of hydrogen-bond donors (Lipinski definition) is 2. The normalized spacial score (nSPS) is 21.4. The Balaban J connectivity index is 0.00000338. The van der Waals surface area contributed by atoms with E-state index in [0.717, 1.165) is 24.3 Å². The molecule has 0 unspecified atom stereocenters. The minimum absolute atomic E-state index is 0. The van der Waals surface area contributed by atoms with E-state index in [2.05, 4.69) is 67.3 Å². The summed E-state index contributed by atoms with van der Waals surface area (Å²) in [5.41, 5.74) is -0.132. The third-order valence-electron chi connectivity index (χ3n) is 4.89. The van der Waals surface area contributed by atoms with E-state index in [1.54, 1.807) is 0 Å². The zero-order chi connectivity index (χ0) is 18.4. The lowest BCUT2D eigenvalue weighted by atomic mass is 9.80. The summed E-state index contributed by atoms with van der Waals surface area (Å²) < 4.78 is 5.33. The van der Waals surface area contributed by atoms with Crippen molar-refractivity contribution in [3.8, 4) is 0 Å². The van der Waals surface area contributed by atoms with Crippen molar-refractivity contribution in [1.29, 1.82) is 0 Å². The lowest BCUT2D eigenvalue weighted by molar-refractivity contribution is 0.250. The average Bonchev–Trinajstić information content (AvgIpc) is 3.02. The first-order chi connectivity index (χ1) is 11.8. The molecule has 1 aliphatic carbocycles. The minimum atomic E-state index is -0.132. The van der Waals surface area contributed by atoms with Crippen LogP contribution in [0.15, 0.2) is 9.52 Å². The number of aliphatic imine (C=N–C) groups is 1. The molecule has 0 atom stereocenters. The molecule has 0 radical (unpaired) electrons. The summed E-state index contributed by atoms with van der Waals surface area (Å²) in [4.78, 5) is 9.09. The Labute approximate surface area is 175 Å². The van der Waals surface area contributed by atoms with Crippen LogP contribution in [0, 0.1) is 11.8 Å². The van der Waals surface area contributed by atoms with E-state index < -0.39 is 0 Å². The van der Waals surface area contributed by atoms with Gasteiger partial charge < -0.3 is 15.2 Å². The van der Waals surface area contributed by atoms with E-state index in [1.807, 2.05) is 0 Å². The maximum absolute atomic E-state index is 5.33. The lowest BCUT2D eigenvalue weighted by Gasteiger charge is -2.32. The molecule has 150 valence electrons.